The Balaban J connectivity index is 1.82. The van der Waals surface area contributed by atoms with Gasteiger partial charge in [0.05, 0.1) is 24.8 Å². The molecule has 6 heteroatoms. The van der Waals surface area contributed by atoms with Gasteiger partial charge < -0.3 is 20.5 Å². The molecule has 28 heavy (non-hydrogen) atoms. The molecule has 3 N–H and O–H groups in total. The molecular weight excluding hydrogens is 370 g/mol. The average molecular weight is 394 g/mol. The summed E-state index contributed by atoms with van der Waals surface area (Å²) in [4.78, 5) is 6.33. The highest BCUT2D eigenvalue weighted by Crippen LogP contribution is 2.34. The smallest absolute Gasteiger partial charge is 0.145 e. The van der Waals surface area contributed by atoms with E-state index in [1.165, 1.54) is 6.20 Å². The van der Waals surface area contributed by atoms with Crippen molar-refractivity contribution in [1.29, 1.82) is 0 Å². The molecule has 0 aliphatic carbocycles. The monoisotopic (exact) mass is 393 g/mol. The number of nitrogens with zero attached hydrogens (tertiary/aromatic N) is 1. The Morgan fingerprint density at radius 3 is 2.54 bits per heavy atom. The van der Waals surface area contributed by atoms with E-state index in [2.05, 4.69) is 16.9 Å². The second-order valence-corrected chi connectivity index (χ2v) is 7.04. The molecule has 3 aromatic rings. The van der Waals surface area contributed by atoms with Gasteiger partial charge in [0.25, 0.3) is 0 Å². The number of nitrogens with two attached hydrogens (primary N) is 1. The highest BCUT2D eigenvalue weighted by Gasteiger charge is 2.14. The van der Waals surface area contributed by atoms with Crippen LogP contribution in [0.3, 0.4) is 0 Å². The third kappa shape index (κ3) is 4.53. The van der Waals surface area contributed by atoms with Gasteiger partial charge in [0.2, 0.25) is 0 Å². The average Bonchev–Trinajstić information content (AvgIpc) is 3.13. The van der Waals surface area contributed by atoms with Crippen molar-refractivity contribution in [2.45, 2.75) is 6.54 Å². The van der Waals surface area contributed by atoms with E-state index < -0.39 is 0 Å². The zero-order valence-electron chi connectivity index (χ0n) is 15.9. The fourth-order valence-corrected chi connectivity index (χ4v) is 3.76. The Morgan fingerprint density at radius 2 is 1.86 bits per heavy atom. The number of nitrogen functional groups attached to an aromatic ring is 1. The van der Waals surface area contributed by atoms with Gasteiger partial charge in [-0.05, 0) is 41.5 Å². The van der Waals surface area contributed by atoms with Gasteiger partial charge in [-0.1, -0.05) is 30.8 Å². The van der Waals surface area contributed by atoms with Crippen molar-refractivity contribution in [2.24, 2.45) is 4.99 Å². The van der Waals surface area contributed by atoms with Crippen LogP contribution in [-0.2, 0) is 6.54 Å². The van der Waals surface area contributed by atoms with Crippen LogP contribution < -0.4 is 20.5 Å². The van der Waals surface area contributed by atoms with E-state index in [1.807, 2.05) is 54.6 Å². The lowest BCUT2D eigenvalue weighted by Gasteiger charge is -2.09. The van der Waals surface area contributed by atoms with Crippen molar-refractivity contribution >= 4 is 22.9 Å². The Hall–Kier alpha value is -3.25. The maximum atomic E-state index is 6.29. The van der Waals surface area contributed by atoms with Crippen molar-refractivity contribution in [3.63, 3.8) is 0 Å². The zero-order chi connectivity index (χ0) is 19.9. The Bertz CT molecular complexity index is 978. The first-order chi connectivity index (χ1) is 13.6. The molecule has 0 amide bonds. The summed E-state index contributed by atoms with van der Waals surface area (Å²) in [7, 11) is 3.31. The molecule has 3 rings (SSSR count). The molecule has 144 valence electrons. The van der Waals surface area contributed by atoms with E-state index >= 15 is 0 Å². The molecular formula is C22H23N3O2S. The van der Waals surface area contributed by atoms with E-state index in [0.29, 0.717) is 18.1 Å². The minimum absolute atomic E-state index is 0.614. The maximum Gasteiger partial charge on any atom is 0.145 e. The summed E-state index contributed by atoms with van der Waals surface area (Å²) < 4.78 is 10.5. The topological polar surface area (TPSA) is 68.9 Å². The summed E-state index contributed by atoms with van der Waals surface area (Å²) in [5, 5.41) is 3.36. The number of ether oxygens (including phenoxy) is 2. The van der Waals surface area contributed by atoms with Crippen molar-refractivity contribution in [1.82, 2.24) is 5.32 Å². The summed E-state index contributed by atoms with van der Waals surface area (Å²) in [6.07, 6.45) is 1.51. The fourth-order valence-electron chi connectivity index (χ4n) is 2.71. The molecule has 0 atom stereocenters. The van der Waals surface area contributed by atoms with E-state index in [4.69, 9.17) is 15.2 Å². The number of rotatable bonds is 7. The van der Waals surface area contributed by atoms with Crippen molar-refractivity contribution < 1.29 is 9.47 Å². The van der Waals surface area contributed by atoms with Crippen LogP contribution in [0.5, 0.6) is 11.5 Å². The molecule has 0 radical (unpaired) electrons. The molecule has 0 aliphatic heterocycles. The van der Waals surface area contributed by atoms with Gasteiger partial charge in [0.15, 0.2) is 0 Å². The number of benzene rings is 2. The molecule has 0 bridgehead atoms. The zero-order valence-corrected chi connectivity index (χ0v) is 16.8. The first kappa shape index (κ1) is 19.5. The fraction of sp³-hybridized carbons (Fsp3) is 0.136. The van der Waals surface area contributed by atoms with Gasteiger partial charge in [-0.15, -0.1) is 11.3 Å². The van der Waals surface area contributed by atoms with Gasteiger partial charge in [-0.3, -0.25) is 0 Å². The number of amidine groups is 1. The molecule has 1 heterocycles. The van der Waals surface area contributed by atoms with Gasteiger partial charge in [0, 0.05) is 17.6 Å². The quantitative estimate of drug-likeness (QED) is 0.451. The van der Waals surface area contributed by atoms with Crippen LogP contribution >= 0.6 is 11.3 Å². The summed E-state index contributed by atoms with van der Waals surface area (Å²) in [6, 6.07) is 17.8. The number of nitrogens with one attached hydrogen (secondary N) is 1. The van der Waals surface area contributed by atoms with Crippen LogP contribution in [-0.4, -0.2) is 20.1 Å². The molecule has 5 nitrogen and oxygen atoms in total. The van der Waals surface area contributed by atoms with Gasteiger partial charge in [-0.2, -0.15) is 0 Å². The molecule has 0 fully saturated rings. The lowest BCUT2D eigenvalue weighted by atomic mass is 10.1. The summed E-state index contributed by atoms with van der Waals surface area (Å²) in [5.41, 5.74) is 9.13. The van der Waals surface area contributed by atoms with Crippen molar-refractivity contribution in [3.8, 4) is 21.9 Å². The summed E-state index contributed by atoms with van der Waals surface area (Å²) in [6.45, 7) is 4.34. The highest BCUT2D eigenvalue weighted by atomic mass is 32.1. The lowest BCUT2D eigenvalue weighted by Crippen LogP contribution is -2.23. The molecule has 0 saturated carbocycles. The van der Waals surface area contributed by atoms with Crippen LogP contribution in [0.2, 0.25) is 0 Å². The number of hydrogen-bond acceptors (Lipinski definition) is 5. The number of thiophene rings is 1. The highest BCUT2D eigenvalue weighted by molar-refractivity contribution is 7.18. The maximum absolute atomic E-state index is 6.29. The third-order valence-corrected chi connectivity index (χ3v) is 5.38. The largest absolute Gasteiger partial charge is 0.497 e. The van der Waals surface area contributed by atoms with Crippen LogP contribution in [0.1, 0.15) is 10.4 Å². The van der Waals surface area contributed by atoms with E-state index in [0.717, 1.165) is 32.4 Å². The minimum atomic E-state index is 0.614. The summed E-state index contributed by atoms with van der Waals surface area (Å²) >= 11 is 1.58. The number of hydrogen-bond donors (Lipinski definition) is 2. The second-order valence-electron chi connectivity index (χ2n) is 5.99. The molecule has 0 aliphatic rings. The molecule has 0 spiro atoms. The van der Waals surface area contributed by atoms with Crippen molar-refractivity contribution in [3.05, 3.63) is 77.8 Å². The Kier molecular flexibility index (Phi) is 6.34. The van der Waals surface area contributed by atoms with Crippen molar-refractivity contribution in [2.75, 3.05) is 20.0 Å². The van der Waals surface area contributed by atoms with Crippen LogP contribution in [0.15, 0.2) is 72.4 Å². The predicted octanol–water partition coefficient (Wildman–Crippen LogP) is 4.69. The summed E-state index contributed by atoms with van der Waals surface area (Å²) in [5.74, 6) is 2.33. The normalized spacial score (nSPS) is 11.1. The first-order valence-electron chi connectivity index (χ1n) is 8.74. The Labute approximate surface area is 169 Å². The van der Waals surface area contributed by atoms with E-state index in [-0.39, 0.29) is 0 Å². The van der Waals surface area contributed by atoms with Crippen LogP contribution in [0.25, 0.3) is 10.4 Å². The molecule has 0 unspecified atom stereocenters. The SMILES string of the molecule is C=C/N=C(/NCc1ccc(OC)cc1)c1sc(-c2cccc(OC)c2)cc1N. The first-order valence-corrected chi connectivity index (χ1v) is 9.56. The third-order valence-electron chi connectivity index (χ3n) is 4.17. The number of aliphatic imine (C=N–C) groups is 1. The number of anilines is 1. The van der Waals surface area contributed by atoms with Gasteiger partial charge in [-0.25, -0.2) is 4.99 Å². The predicted molar refractivity (Wildman–Crippen MR) is 117 cm³/mol. The molecule has 0 saturated heterocycles. The van der Waals surface area contributed by atoms with Gasteiger partial charge >= 0.3 is 0 Å². The molecule has 1 aromatic heterocycles. The lowest BCUT2D eigenvalue weighted by molar-refractivity contribution is 0.414. The Morgan fingerprint density at radius 1 is 1.11 bits per heavy atom. The van der Waals surface area contributed by atoms with Gasteiger partial charge in [0.1, 0.15) is 17.3 Å². The molecule has 2 aromatic carbocycles. The van der Waals surface area contributed by atoms with Crippen LogP contribution in [0.4, 0.5) is 5.69 Å². The number of methoxy groups -OCH3 is 2. The van der Waals surface area contributed by atoms with E-state index in [1.54, 1.807) is 25.6 Å². The second kappa shape index (κ2) is 9.10. The minimum Gasteiger partial charge on any atom is -0.497 e. The standard InChI is InChI=1S/C22H23N3O2S/c1-4-24-22(25-14-15-8-10-17(26-2)11-9-15)21-19(23)13-20(28-21)16-6-5-7-18(12-16)27-3/h4-13H,1,14,23H2,2-3H3,(H,24,25). The van der Waals surface area contributed by atoms with Crippen LogP contribution in [0, 0.1) is 0 Å². The van der Waals surface area contributed by atoms with E-state index in [9.17, 15) is 0 Å².